The first-order valence-electron chi connectivity index (χ1n) is 11.4. The lowest BCUT2D eigenvalue weighted by Gasteiger charge is -2.34. The van der Waals surface area contributed by atoms with E-state index in [9.17, 15) is 5.11 Å². The van der Waals surface area contributed by atoms with Crippen molar-refractivity contribution in [2.45, 2.75) is 40.3 Å². The van der Waals surface area contributed by atoms with E-state index < -0.39 is 0 Å². The summed E-state index contributed by atoms with van der Waals surface area (Å²) in [6, 6.07) is 6.16. The first-order valence-corrected chi connectivity index (χ1v) is 11.4. The quantitative estimate of drug-likeness (QED) is 0.455. The largest absolute Gasteiger partial charge is 0.395 e. The molecule has 0 saturated carbocycles. The van der Waals surface area contributed by atoms with Gasteiger partial charge in [-0.15, -0.1) is 0 Å². The second-order valence-electron chi connectivity index (χ2n) is 8.84. The van der Waals surface area contributed by atoms with Gasteiger partial charge < -0.3 is 20.3 Å². The summed E-state index contributed by atoms with van der Waals surface area (Å²) in [5, 5.41) is 19.6. The average Bonchev–Trinajstić information content (AvgIpc) is 3.42. The predicted octanol–water partition coefficient (Wildman–Crippen LogP) is 3.43. The molecule has 5 heterocycles. The zero-order valence-electron chi connectivity index (χ0n) is 19.3. The molecule has 1 aliphatic heterocycles. The minimum Gasteiger partial charge on any atom is -0.395 e. The van der Waals surface area contributed by atoms with Gasteiger partial charge in [-0.3, -0.25) is 4.68 Å². The Labute approximate surface area is 188 Å². The average molecular weight is 436 g/mol. The number of nitrogens with zero attached hydrogens (tertiary/aromatic N) is 5. The number of piperazine rings is 1. The molecule has 3 N–H and O–H groups in total. The Morgan fingerprint density at radius 3 is 2.81 bits per heavy atom. The van der Waals surface area contributed by atoms with Crippen LogP contribution in [0.5, 0.6) is 0 Å². The Bertz CT molecular complexity index is 1180. The Balaban J connectivity index is 0.000000567. The van der Waals surface area contributed by atoms with Crippen LogP contribution in [0.25, 0.3) is 33.2 Å². The van der Waals surface area contributed by atoms with Crippen molar-refractivity contribution in [3.05, 3.63) is 36.8 Å². The number of aliphatic hydroxyl groups excluding tert-OH is 1. The van der Waals surface area contributed by atoms with Gasteiger partial charge in [-0.25, -0.2) is 9.97 Å². The summed E-state index contributed by atoms with van der Waals surface area (Å²) in [5.74, 6) is 1.75. The summed E-state index contributed by atoms with van der Waals surface area (Å²) in [7, 11) is 0. The fraction of sp³-hybridized carbons (Fsp3) is 0.458. The first-order chi connectivity index (χ1) is 15.5. The molecule has 1 atom stereocenters. The van der Waals surface area contributed by atoms with Gasteiger partial charge in [-0.1, -0.05) is 20.8 Å². The van der Waals surface area contributed by atoms with Gasteiger partial charge in [-0.2, -0.15) is 5.10 Å². The van der Waals surface area contributed by atoms with Crippen LogP contribution in [0, 0.1) is 5.92 Å². The van der Waals surface area contributed by atoms with E-state index in [1.807, 2.05) is 23.1 Å². The minimum atomic E-state index is 0.0489. The summed E-state index contributed by atoms with van der Waals surface area (Å²) < 4.78 is 2.00. The molecule has 5 rings (SSSR count). The molecule has 170 valence electrons. The molecule has 1 aliphatic rings. The molecule has 8 heteroatoms. The number of hydrogen-bond donors (Lipinski definition) is 3. The number of hydrogen-bond acceptors (Lipinski definition) is 6. The van der Waals surface area contributed by atoms with Gasteiger partial charge in [0.25, 0.3) is 0 Å². The van der Waals surface area contributed by atoms with Crippen LogP contribution in [0.2, 0.25) is 0 Å². The number of nitrogens with one attached hydrogen (secondary N) is 2. The molecular formula is C24H33N7O. The van der Waals surface area contributed by atoms with Gasteiger partial charge >= 0.3 is 0 Å². The van der Waals surface area contributed by atoms with Crippen molar-refractivity contribution in [2.75, 3.05) is 31.1 Å². The molecule has 4 aromatic rings. The van der Waals surface area contributed by atoms with Crippen molar-refractivity contribution in [3.63, 3.8) is 0 Å². The summed E-state index contributed by atoms with van der Waals surface area (Å²) >= 11 is 0. The fourth-order valence-electron chi connectivity index (χ4n) is 3.99. The van der Waals surface area contributed by atoms with Crippen LogP contribution in [-0.2, 0) is 6.54 Å². The minimum absolute atomic E-state index is 0.0489. The number of anilines is 1. The van der Waals surface area contributed by atoms with Crippen molar-refractivity contribution in [3.8, 4) is 11.3 Å². The van der Waals surface area contributed by atoms with Gasteiger partial charge in [0.05, 0.1) is 29.4 Å². The van der Waals surface area contributed by atoms with Gasteiger partial charge in [0, 0.05) is 55.6 Å². The third-order valence-corrected chi connectivity index (χ3v) is 5.42. The lowest BCUT2D eigenvalue weighted by molar-refractivity contribution is 0.235. The third kappa shape index (κ3) is 4.47. The molecule has 1 unspecified atom stereocenters. The Morgan fingerprint density at radius 2 is 2.06 bits per heavy atom. The molecule has 0 bridgehead atoms. The highest BCUT2D eigenvalue weighted by Gasteiger charge is 2.23. The van der Waals surface area contributed by atoms with E-state index in [4.69, 9.17) is 4.98 Å². The lowest BCUT2D eigenvalue weighted by atomic mass is 10.1. The van der Waals surface area contributed by atoms with E-state index in [1.54, 1.807) is 6.20 Å². The second-order valence-corrected chi connectivity index (χ2v) is 8.84. The number of aryl methyl sites for hydroxylation is 1. The van der Waals surface area contributed by atoms with Crippen molar-refractivity contribution < 1.29 is 5.11 Å². The van der Waals surface area contributed by atoms with Gasteiger partial charge in [0.1, 0.15) is 11.5 Å². The number of aromatic nitrogens is 5. The van der Waals surface area contributed by atoms with Crippen molar-refractivity contribution in [1.29, 1.82) is 0 Å². The predicted molar refractivity (Wildman–Crippen MR) is 130 cm³/mol. The molecule has 0 amide bonds. The van der Waals surface area contributed by atoms with E-state index >= 15 is 0 Å². The molecule has 1 fully saturated rings. The maximum absolute atomic E-state index is 9.60. The van der Waals surface area contributed by atoms with Crippen LogP contribution in [0.4, 0.5) is 5.82 Å². The van der Waals surface area contributed by atoms with Crippen molar-refractivity contribution in [2.24, 2.45) is 5.92 Å². The summed E-state index contributed by atoms with van der Waals surface area (Å²) in [6.45, 7) is 11.9. The van der Waals surface area contributed by atoms with Gasteiger partial charge in [-0.05, 0) is 31.0 Å². The lowest BCUT2D eigenvalue weighted by Crippen LogP contribution is -2.52. The van der Waals surface area contributed by atoms with Crippen molar-refractivity contribution in [1.82, 2.24) is 30.0 Å². The van der Waals surface area contributed by atoms with Crippen LogP contribution < -0.4 is 10.2 Å². The SMILES string of the molecule is CC(C)C.CCn1ncc2c(N3CCNC(CO)C3)nc(-c3c[nH]c4ncccc34)cc21. The Morgan fingerprint density at radius 1 is 1.25 bits per heavy atom. The molecular weight excluding hydrogens is 402 g/mol. The van der Waals surface area contributed by atoms with Crippen LogP contribution >= 0.6 is 0 Å². The number of aromatic amines is 1. The standard InChI is InChI=1S/C20H23N7O.C4H10/c1-2-27-18-8-17(15-9-23-19-14(15)4-3-5-22-19)25-20(16(18)10-24-27)26-7-6-21-13(11-26)12-28;1-4(2)3/h3-5,8-10,13,21,28H,2,6-7,11-12H2,1H3,(H,22,23);4H,1-3H3. The number of aliphatic hydroxyl groups is 1. The molecule has 0 aliphatic carbocycles. The zero-order chi connectivity index (χ0) is 22.7. The Hall–Kier alpha value is -2.97. The van der Waals surface area contributed by atoms with Gasteiger partial charge in [0.2, 0.25) is 0 Å². The molecule has 0 radical (unpaired) electrons. The molecule has 8 nitrogen and oxygen atoms in total. The van der Waals surface area contributed by atoms with E-state index in [1.165, 1.54) is 0 Å². The summed E-state index contributed by atoms with van der Waals surface area (Å²) in [5.41, 5.74) is 3.85. The zero-order valence-corrected chi connectivity index (χ0v) is 19.3. The maximum Gasteiger partial charge on any atom is 0.140 e. The highest BCUT2D eigenvalue weighted by molar-refractivity contribution is 5.98. The smallest absolute Gasteiger partial charge is 0.140 e. The monoisotopic (exact) mass is 435 g/mol. The van der Waals surface area contributed by atoms with Gasteiger partial charge in [0.15, 0.2) is 0 Å². The van der Waals surface area contributed by atoms with E-state index in [2.05, 4.69) is 65.1 Å². The van der Waals surface area contributed by atoms with Crippen molar-refractivity contribution >= 4 is 27.8 Å². The number of fused-ring (bicyclic) bond motifs is 2. The first kappa shape index (κ1) is 22.2. The topological polar surface area (TPSA) is 94.9 Å². The highest BCUT2D eigenvalue weighted by atomic mass is 16.3. The molecule has 4 aromatic heterocycles. The summed E-state index contributed by atoms with van der Waals surface area (Å²) in [4.78, 5) is 14.9. The van der Waals surface area contributed by atoms with Crippen LogP contribution in [-0.4, -0.2) is 62.1 Å². The molecule has 1 saturated heterocycles. The fourth-order valence-corrected chi connectivity index (χ4v) is 3.99. The Kier molecular flexibility index (Phi) is 6.72. The molecule has 0 aromatic carbocycles. The van der Waals surface area contributed by atoms with Crippen LogP contribution in [0.1, 0.15) is 27.7 Å². The van der Waals surface area contributed by atoms with Crippen LogP contribution in [0.3, 0.4) is 0 Å². The number of rotatable bonds is 4. The normalized spacial score (nSPS) is 16.6. The maximum atomic E-state index is 9.60. The van der Waals surface area contributed by atoms with E-state index in [-0.39, 0.29) is 12.6 Å². The molecule has 32 heavy (non-hydrogen) atoms. The molecule has 0 spiro atoms. The number of pyridine rings is 2. The summed E-state index contributed by atoms with van der Waals surface area (Å²) in [6.07, 6.45) is 5.65. The van der Waals surface area contributed by atoms with E-state index in [0.717, 1.165) is 71.1 Å². The van der Waals surface area contributed by atoms with E-state index in [0.29, 0.717) is 0 Å². The van der Waals surface area contributed by atoms with Crippen LogP contribution in [0.15, 0.2) is 36.8 Å². The number of H-pyrrole nitrogens is 1. The second kappa shape index (κ2) is 9.67. The third-order valence-electron chi connectivity index (χ3n) is 5.42. The highest BCUT2D eigenvalue weighted by Crippen LogP contribution is 2.33.